The molecule has 0 saturated heterocycles. The molecule has 1 aliphatic heterocycles. The van der Waals surface area contributed by atoms with E-state index < -0.39 is 0 Å². The van der Waals surface area contributed by atoms with Crippen LogP contribution in [0.2, 0.25) is 5.02 Å². The van der Waals surface area contributed by atoms with Crippen molar-refractivity contribution in [3.8, 4) is 5.75 Å². The molecule has 2 aromatic rings. The lowest BCUT2D eigenvalue weighted by atomic mass is 10.00. The van der Waals surface area contributed by atoms with E-state index in [1.165, 1.54) is 0 Å². The number of aromatic nitrogens is 1. The first-order chi connectivity index (χ1) is 9.74. The Morgan fingerprint density at radius 3 is 3.10 bits per heavy atom. The fourth-order valence-electron chi connectivity index (χ4n) is 2.25. The Morgan fingerprint density at radius 2 is 2.30 bits per heavy atom. The first-order valence-corrected chi connectivity index (χ1v) is 6.75. The van der Waals surface area contributed by atoms with E-state index in [0.717, 1.165) is 17.7 Å². The minimum Gasteiger partial charge on any atom is -0.493 e. The zero-order valence-electron chi connectivity index (χ0n) is 10.7. The third kappa shape index (κ3) is 2.60. The molecule has 0 saturated carbocycles. The Hall–Kier alpha value is -2.07. The van der Waals surface area contributed by atoms with Crippen LogP contribution in [-0.4, -0.2) is 17.5 Å². The number of halogens is 1. The Balaban J connectivity index is 1.83. The largest absolute Gasteiger partial charge is 0.493 e. The maximum atomic E-state index is 12.2. The number of carbonyl (C=O) groups excluding carboxylic acids is 1. The Bertz CT molecular complexity index is 631. The molecule has 4 nitrogen and oxygen atoms in total. The molecule has 1 amide bonds. The Kier molecular flexibility index (Phi) is 3.56. The van der Waals surface area contributed by atoms with Crippen molar-refractivity contribution in [2.45, 2.75) is 12.5 Å². The van der Waals surface area contributed by atoms with Gasteiger partial charge >= 0.3 is 0 Å². The van der Waals surface area contributed by atoms with Gasteiger partial charge in [0.25, 0.3) is 5.91 Å². The second kappa shape index (κ2) is 5.51. The summed E-state index contributed by atoms with van der Waals surface area (Å²) in [5, 5.41) is 3.64. The number of carbonyl (C=O) groups is 1. The highest BCUT2D eigenvalue weighted by atomic mass is 35.5. The highest BCUT2D eigenvalue weighted by molar-refractivity contribution is 6.30. The lowest BCUT2D eigenvalue weighted by Gasteiger charge is -2.26. The number of amides is 1. The van der Waals surface area contributed by atoms with E-state index in [9.17, 15) is 4.79 Å². The first kappa shape index (κ1) is 12.9. The van der Waals surface area contributed by atoms with Crippen LogP contribution in [0.3, 0.4) is 0 Å². The lowest BCUT2D eigenvalue weighted by Crippen LogP contribution is -2.32. The van der Waals surface area contributed by atoms with Crippen molar-refractivity contribution in [3.05, 3.63) is 58.9 Å². The van der Waals surface area contributed by atoms with Crippen molar-refractivity contribution in [2.75, 3.05) is 6.61 Å². The number of pyridine rings is 1. The van der Waals surface area contributed by atoms with Crippen LogP contribution in [0.25, 0.3) is 0 Å². The van der Waals surface area contributed by atoms with E-state index in [-0.39, 0.29) is 11.9 Å². The number of fused-ring (bicyclic) bond motifs is 1. The molecule has 0 bridgehead atoms. The molecule has 1 N–H and O–H groups in total. The summed E-state index contributed by atoms with van der Waals surface area (Å²) in [5.41, 5.74) is 1.46. The van der Waals surface area contributed by atoms with Crippen LogP contribution in [-0.2, 0) is 0 Å². The van der Waals surface area contributed by atoms with Gasteiger partial charge in [0.1, 0.15) is 5.75 Å². The predicted molar refractivity (Wildman–Crippen MR) is 76.0 cm³/mol. The second-order valence-corrected chi connectivity index (χ2v) is 5.02. The van der Waals surface area contributed by atoms with Gasteiger partial charge in [0.15, 0.2) is 0 Å². The zero-order chi connectivity index (χ0) is 13.9. The molecule has 0 aliphatic carbocycles. The van der Waals surface area contributed by atoms with Gasteiger partial charge in [0, 0.05) is 29.4 Å². The molecule has 3 rings (SSSR count). The van der Waals surface area contributed by atoms with Crippen LogP contribution >= 0.6 is 11.6 Å². The molecular weight excluding hydrogens is 276 g/mol. The standard InChI is InChI=1S/C15H13ClN2O2/c16-11-3-4-14-12(8-11)13(5-7-20-14)18-15(19)10-2-1-6-17-9-10/h1-4,6,8-9,13H,5,7H2,(H,18,19). The molecule has 5 heteroatoms. The van der Waals surface area contributed by atoms with Crippen LogP contribution < -0.4 is 10.1 Å². The Morgan fingerprint density at radius 1 is 1.40 bits per heavy atom. The van der Waals surface area contributed by atoms with Crippen molar-refractivity contribution in [3.63, 3.8) is 0 Å². The number of rotatable bonds is 2. The second-order valence-electron chi connectivity index (χ2n) is 4.59. The molecule has 0 fully saturated rings. The summed E-state index contributed by atoms with van der Waals surface area (Å²) in [7, 11) is 0. The lowest BCUT2D eigenvalue weighted by molar-refractivity contribution is 0.0924. The smallest absolute Gasteiger partial charge is 0.253 e. The monoisotopic (exact) mass is 288 g/mol. The molecule has 1 atom stereocenters. The van der Waals surface area contributed by atoms with E-state index >= 15 is 0 Å². The highest BCUT2D eigenvalue weighted by Gasteiger charge is 2.23. The third-order valence-electron chi connectivity index (χ3n) is 3.24. The summed E-state index contributed by atoms with van der Waals surface area (Å²) < 4.78 is 5.57. The van der Waals surface area contributed by atoms with Gasteiger partial charge in [-0.05, 0) is 30.3 Å². The maximum absolute atomic E-state index is 12.2. The zero-order valence-corrected chi connectivity index (χ0v) is 11.4. The molecule has 20 heavy (non-hydrogen) atoms. The van der Waals surface area contributed by atoms with Gasteiger partial charge < -0.3 is 10.1 Å². The highest BCUT2D eigenvalue weighted by Crippen LogP contribution is 2.34. The topological polar surface area (TPSA) is 51.2 Å². The molecule has 1 unspecified atom stereocenters. The summed E-state index contributed by atoms with van der Waals surface area (Å²) in [6.07, 6.45) is 3.91. The fraction of sp³-hybridized carbons (Fsp3) is 0.200. The molecule has 1 aliphatic rings. The molecule has 1 aromatic carbocycles. The van der Waals surface area contributed by atoms with E-state index in [0.29, 0.717) is 17.2 Å². The van der Waals surface area contributed by atoms with Crippen molar-refractivity contribution in [1.82, 2.24) is 10.3 Å². The van der Waals surface area contributed by atoms with Crippen LogP contribution in [0.4, 0.5) is 0 Å². The van der Waals surface area contributed by atoms with Gasteiger partial charge in [-0.1, -0.05) is 11.6 Å². The van der Waals surface area contributed by atoms with Crippen LogP contribution in [0, 0.1) is 0 Å². The van der Waals surface area contributed by atoms with Crippen LogP contribution in [0.15, 0.2) is 42.7 Å². The van der Waals surface area contributed by atoms with Gasteiger partial charge in [0.05, 0.1) is 18.2 Å². The summed E-state index contributed by atoms with van der Waals surface area (Å²) in [6.45, 7) is 0.576. The average Bonchev–Trinajstić information content (AvgIpc) is 2.49. The van der Waals surface area contributed by atoms with E-state index in [4.69, 9.17) is 16.3 Å². The minimum atomic E-state index is -0.143. The van der Waals surface area contributed by atoms with Crippen LogP contribution in [0.5, 0.6) is 5.75 Å². The van der Waals surface area contributed by atoms with Crippen LogP contribution in [0.1, 0.15) is 28.4 Å². The van der Waals surface area contributed by atoms with E-state index in [2.05, 4.69) is 10.3 Å². The van der Waals surface area contributed by atoms with Crippen molar-refractivity contribution >= 4 is 17.5 Å². The normalized spacial score (nSPS) is 16.9. The number of hydrogen-bond acceptors (Lipinski definition) is 3. The van der Waals surface area contributed by atoms with Gasteiger partial charge in [-0.15, -0.1) is 0 Å². The van der Waals surface area contributed by atoms with Crippen molar-refractivity contribution in [1.29, 1.82) is 0 Å². The number of nitrogens with zero attached hydrogens (tertiary/aromatic N) is 1. The number of hydrogen-bond donors (Lipinski definition) is 1. The SMILES string of the molecule is O=C(NC1CCOc2ccc(Cl)cc21)c1cccnc1. The molecule has 102 valence electrons. The van der Waals surface area contributed by atoms with Gasteiger partial charge in [-0.3, -0.25) is 9.78 Å². The number of benzene rings is 1. The predicted octanol–water partition coefficient (Wildman–Crippen LogP) is 2.99. The Labute approximate surface area is 121 Å². The van der Waals surface area contributed by atoms with E-state index in [1.54, 1.807) is 30.6 Å². The van der Waals surface area contributed by atoms with E-state index in [1.807, 2.05) is 12.1 Å². The number of nitrogens with one attached hydrogen (secondary N) is 1. The minimum absolute atomic E-state index is 0.0924. The molecule has 1 aromatic heterocycles. The summed E-state index contributed by atoms with van der Waals surface area (Å²) >= 11 is 6.02. The summed E-state index contributed by atoms with van der Waals surface area (Å²) in [5.74, 6) is 0.632. The van der Waals surface area contributed by atoms with Gasteiger partial charge in [-0.2, -0.15) is 0 Å². The third-order valence-corrected chi connectivity index (χ3v) is 3.48. The summed E-state index contributed by atoms with van der Waals surface area (Å²) in [6, 6.07) is 8.84. The molecule has 0 spiro atoms. The number of ether oxygens (including phenoxy) is 1. The maximum Gasteiger partial charge on any atom is 0.253 e. The average molecular weight is 289 g/mol. The molecule has 0 radical (unpaired) electrons. The van der Waals surface area contributed by atoms with Crippen molar-refractivity contribution < 1.29 is 9.53 Å². The van der Waals surface area contributed by atoms with Gasteiger partial charge in [-0.25, -0.2) is 0 Å². The summed E-state index contributed by atoms with van der Waals surface area (Å²) in [4.78, 5) is 16.1. The van der Waals surface area contributed by atoms with Crippen molar-refractivity contribution in [2.24, 2.45) is 0 Å². The van der Waals surface area contributed by atoms with Gasteiger partial charge in [0.2, 0.25) is 0 Å². The fourth-order valence-corrected chi connectivity index (χ4v) is 2.43. The molecule has 2 heterocycles. The quantitative estimate of drug-likeness (QED) is 0.924. The first-order valence-electron chi connectivity index (χ1n) is 6.37. The molecular formula is C15H13ClN2O2.